The van der Waals surface area contributed by atoms with Crippen LogP contribution in [-0.2, 0) is 4.79 Å². The van der Waals surface area contributed by atoms with E-state index in [1.807, 2.05) is 4.90 Å². The predicted octanol–water partition coefficient (Wildman–Crippen LogP) is 1.68. The van der Waals surface area contributed by atoms with E-state index in [-0.39, 0.29) is 5.41 Å². The van der Waals surface area contributed by atoms with Crippen molar-refractivity contribution in [1.29, 1.82) is 0 Å². The zero-order valence-electron chi connectivity index (χ0n) is 10.2. The highest BCUT2D eigenvalue weighted by Gasteiger charge is 2.38. The summed E-state index contributed by atoms with van der Waals surface area (Å²) in [5.41, 5.74) is 7.34. The van der Waals surface area contributed by atoms with Crippen LogP contribution in [0.25, 0.3) is 0 Å². The lowest BCUT2D eigenvalue weighted by atomic mass is 9.66. The number of carbonyl (C=O) groups excluding carboxylic acids is 1. The molecule has 3 nitrogen and oxygen atoms in total. The Morgan fingerprint density at radius 2 is 2.31 bits per heavy atom. The lowest BCUT2D eigenvalue weighted by molar-refractivity contribution is -0.134. The molecule has 0 aromatic carbocycles. The zero-order chi connectivity index (χ0) is 11.6. The number of nitrogens with two attached hydrogens (primary N) is 1. The Bertz CT molecular complexity index is 300. The van der Waals surface area contributed by atoms with Gasteiger partial charge in [0.05, 0.1) is 0 Å². The molecule has 0 aromatic rings. The van der Waals surface area contributed by atoms with Crippen molar-refractivity contribution in [3.8, 4) is 0 Å². The van der Waals surface area contributed by atoms with Gasteiger partial charge in [-0.3, -0.25) is 4.79 Å². The van der Waals surface area contributed by atoms with Gasteiger partial charge >= 0.3 is 0 Å². The standard InChI is InChI=1S/C13H22N2O/c1-11-3-7-15(8-4-11)12(16)9-13(10-14)5-2-6-13/h3H,2,4-10,14H2,1H3. The first-order valence-electron chi connectivity index (χ1n) is 6.29. The van der Waals surface area contributed by atoms with Gasteiger partial charge in [0.2, 0.25) is 5.91 Å². The Hall–Kier alpha value is -0.830. The van der Waals surface area contributed by atoms with E-state index in [1.165, 1.54) is 12.0 Å². The Balaban J connectivity index is 1.88. The average Bonchev–Trinajstić information content (AvgIpc) is 2.24. The molecule has 0 atom stereocenters. The monoisotopic (exact) mass is 222 g/mol. The van der Waals surface area contributed by atoms with E-state index < -0.39 is 0 Å². The summed E-state index contributed by atoms with van der Waals surface area (Å²) >= 11 is 0. The first kappa shape index (κ1) is 11.6. The highest BCUT2D eigenvalue weighted by molar-refractivity contribution is 5.77. The fourth-order valence-corrected chi connectivity index (χ4v) is 2.56. The summed E-state index contributed by atoms with van der Waals surface area (Å²) in [5.74, 6) is 0.300. The summed E-state index contributed by atoms with van der Waals surface area (Å²) in [6.45, 7) is 4.49. The van der Waals surface area contributed by atoms with Crippen molar-refractivity contribution in [3.05, 3.63) is 11.6 Å². The highest BCUT2D eigenvalue weighted by Crippen LogP contribution is 2.43. The maximum absolute atomic E-state index is 12.1. The van der Waals surface area contributed by atoms with E-state index >= 15 is 0 Å². The molecule has 16 heavy (non-hydrogen) atoms. The average molecular weight is 222 g/mol. The van der Waals surface area contributed by atoms with Gasteiger partial charge in [-0.05, 0) is 38.1 Å². The smallest absolute Gasteiger partial charge is 0.223 e. The van der Waals surface area contributed by atoms with Crippen LogP contribution in [0.5, 0.6) is 0 Å². The van der Waals surface area contributed by atoms with E-state index in [0.717, 1.165) is 32.4 Å². The molecule has 3 heteroatoms. The third-order valence-electron chi connectivity index (χ3n) is 4.16. The van der Waals surface area contributed by atoms with Crippen LogP contribution in [-0.4, -0.2) is 30.4 Å². The molecular weight excluding hydrogens is 200 g/mol. The summed E-state index contributed by atoms with van der Waals surface area (Å²) in [6.07, 6.45) is 7.37. The Morgan fingerprint density at radius 3 is 2.75 bits per heavy atom. The molecule has 1 aliphatic carbocycles. The maximum Gasteiger partial charge on any atom is 0.223 e. The molecule has 0 spiro atoms. The molecule has 1 heterocycles. The molecule has 0 unspecified atom stereocenters. The summed E-state index contributed by atoms with van der Waals surface area (Å²) in [4.78, 5) is 14.1. The van der Waals surface area contributed by atoms with Crippen LogP contribution >= 0.6 is 0 Å². The zero-order valence-corrected chi connectivity index (χ0v) is 10.2. The van der Waals surface area contributed by atoms with Gasteiger partial charge < -0.3 is 10.6 Å². The number of nitrogens with zero attached hydrogens (tertiary/aromatic N) is 1. The molecule has 1 aliphatic heterocycles. The molecule has 0 bridgehead atoms. The quantitative estimate of drug-likeness (QED) is 0.739. The van der Waals surface area contributed by atoms with Gasteiger partial charge in [-0.1, -0.05) is 18.1 Å². The molecule has 90 valence electrons. The van der Waals surface area contributed by atoms with E-state index in [1.54, 1.807) is 0 Å². The van der Waals surface area contributed by atoms with E-state index in [9.17, 15) is 4.79 Å². The van der Waals surface area contributed by atoms with Crippen molar-refractivity contribution in [3.63, 3.8) is 0 Å². The fourth-order valence-electron chi connectivity index (χ4n) is 2.56. The van der Waals surface area contributed by atoms with Crippen LogP contribution in [0, 0.1) is 5.41 Å². The van der Waals surface area contributed by atoms with Crippen LogP contribution in [0.2, 0.25) is 0 Å². The van der Waals surface area contributed by atoms with Crippen molar-refractivity contribution in [2.75, 3.05) is 19.6 Å². The third-order valence-corrected chi connectivity index (χ3v) is 4.16. The summed E-state index contributed by atoms with van der Waals surface area (Å²) in [5, 5.41) is 0. The number of carbonyl (C=O) groups is 1. The first-order valence-corrected chi connectivity index (χ1v) is 6.29. The van der Waals surface area contributed by atoms with Crippen LogP contribution in [0.3, 0.4) is 0 Å². The van der Waals surface area contributed by atoms with Crippen LogP contribution in [0.1, 0.15) is 39.0 Å². The molecule has 2 aliphatic rings. The molecular formula is C13H22N2O. The normalized spacial score (nSPS) is 23.6. The van der Waals surface area contributed by atoms with Gasteiger partial charge in [0, 0.05) is 19.5 Å². The lowest BCUT2D eigenvalue weighted by Gasteiger charge is -2.41. The topological polar surface area (TPSA) is 46.3 Å². The van der Waals surface area contributed by atoms with Gasteiger partial charge in [-0.25, -0.2) is 0 Å². The van der Waals surface area contributed by atoms with Crippen molar-refractivity contribution < 1.29 is 4.79 Å². The SMILES string of the molecule is CC1=CCN(C(=O)CC2(CN)CCC2)CC1. The Labute approximate surface area is 97.7 Å². The number of hydrogen-bond acceptors (Lipinski definition) is 2. The molecule has 1 fully saturated rings. The summed E-state index contributed by atoms with van der Waals surface area (Å²) in [6, 6.07) is 0. The Morgan fingerprint density at radius 1 is 1.56 bits per heavy atom. The molecule has 0 aromatic heterocycles. The molecule has 1 saturated carbocycles. The van der Waals surface area contributed by atoms with E-state index in [2.05, 4.69) is 13.0 Å². The lowest BCUT2D eigenvalue weighted by Crippen LogP contribution is -2.44. The van der Waals surface area contributed by atoms with Gasteiger partial charge in [0.25, 0.3) is 0 Å². The van der Waals surface area contributed by atoms with Crippen molar-refractivity contribution in [2.24, 2.45) is 11.1 Å². The summed E-state index contributed by atoms with van der Waals surface area (Å²) < 4.78 is 0. The van der Waals surface area contributed by atoms with Crippen LogP contribution in [0.4, 0.5) is 0 Å². The molecule has 2 N–H and O–H groups in total. The largest absolute Gasteiger partial charge is 0.339 e. The number of rotatable bonds is 3. The highest BCUT2D eigenvalue weighted by atomic mass is 16.2. The second-order valence-corrected chi connectivity index (χ2v) is 5.37. The first-order chi connectivity index (χ1) is 7.65. The predicted molar refractivity (Wildman–Crippen MR) is 64.9 cm³/mol. The molecule has 0 saturated heterocycles. The van der Waals surface area contributed by atoms with E-state index in [0.29, 0.717) is 18.9 Å². The molecule has 0 radical (unpaired) electrons. The Kier molecular flexibility index (Phi) is 3.33. The van der Waals surface area contributed by atoms with Crippen molar-refractivity contribution in [1.82, 2.24) is 4.90 Å². The van der Waals surface area contributed by atoms with Gasteiger partial charge in [0.1, 0.15) is 0 Å². The van der Waals surface area contributed by atoms with Gasteiger partial charge in [0.15, 0.2) is 0 Å². The van der Waals surface area contributed by atoms with Crippen molar-refractivity contribution in [2.45, 2.75) is 39.0 Å². The summed E-state index contributed by atoms with van der Waals surface area (Å²) in [7, 11) is 0. The van der Waals surface area contributed by atoms with Crippen molar-refractivity contribution >= 4 is 5.91 Å². The van der Waals surface area contributed by atoms with E-state index in [4.69, 9.17) is 5.73 Å². The number of hydrogen-bond donors (Lipinski definition) is 1. The molecule has 1 amide bonds. The van der Waals surface area contributed by atoms with Gasteiger partial charge in [-0.15, -0.1) is 0 Å². The fraction of sp³-hybridized carbons (Fsp3) is 0.769. The third kappa shape index (κ3) is 2.29. The minimum atomic E-state index is 0.146. The van der Waals surface area contributed by atoms with Gasteiger partial charge in [-0.2, -0.15) is 0 Å². The van der Waals surface area contributed by atoms with Crippen LogP contribution in [0.15, 0.2) is 11.6 Å². The minimum Gasteiger partial charge on any atom is -0.339 e. The molecule has 2 rings (SSSR count). The number of amides is 1. The second-order valence-electron chi connectivity index (χ2n) is 5.37. The van der Waals surface area contributed by atoms with Crippen LogP contribution < -0.4 is 5.73 Å². The maximum atomic E-state index is 12.1. The second kappa shape index (κ2) is 4.58. The minimum absolute atomic E-state index is 0.146.